The zero-order valence-corrected chi connectivity index (χ0v) is 18.4. The molecule has 1 atom stereocenters. The molecule has 0 spiro atoms. The first-order valence-corrected chi connectivity index (χ1v) is 11.8. The van der Waals surface area contributed by atoms with Crippen molar-refractivity contribution in [1.29, 1.82) is 0 Å². The summed E-state index contributed by atoms with van der Waals surface area (Å²) in [6, 6.07) is 6.97. The number of nitrogens with zero attached hydrogens (tertiary/aromatic N) is 6. The van der Waals surface area contributed by atoms with Crippen LogP contribution in [0.3, 0.4) is 0 Å². The molecule has 162 valence electrons. The quantitative estimate of drug-likeness (QED) is 0.654. The zero-order chi connectivity index (χ0) is 21.1. The Kier molecular flexibility index (Phi) is 6.58. The predicted octanol–water partition coefficient (Wildman–Crippen LogP) is 2.64. The maximum Gasteiger partial charge on any atom is 0.236 e. The minimum atomic E-state index is -0.207. The van der Waals surface area contributed by atoms with Gasteiger partial charge in [0.15, 0.2) is 11.0 Å². The summed E-state index contributed by atoms with van der Waals surface area (Å²) in [5.74, 6) is 0.904. The summed E-state index contributed by atoms with van der Waals surface area (Å²) in [6.07, 6.45) is 4.07. The van der Waals surface area contributed by atoms with Gasteiger partial charge in [-0.2, -0.15) is 0 Å². The molecule has 0 bridgehead atoms. The van der Waals surface area contributed by atoms with Crippen molar-refractivity contribution in [2.45, 2.75) is 37.5 Å². The molecule has 1 unspecified atom stereocenters. The number of anilines is 1. The molecule has 2 aliphatic rings. The van der Waals surface area contributed by atoms with E-state index in [1.165, 1.54) is 6.07 Å². The van der Waals surface area contributed by atoms with Gasteiger partial charge in [0.2, 0.25) is 5.91 Å². The second-order valence-corrected chi connectivity index (χ2v) is 8.51. The van der Waals surface area contributed by atoms with E-state index < -0.39 is 0 Å². The molecule has 1 amide bonds. The van der Waals surface area contributed by atoms with Crippen molar-refractivity contribution in [3.05, 3.63) is 35.9 Å². The topological polar surface area (TPSA) is 57.5 Å². The highest BCUT2D eigenvalue weighted by Gasteiger charge is 2.33. The number of benzene rings is 1. The van der Waals surface area contributed by atoms with Gasteiger partial charge in [0.1, 0.15) is 5.82 Å². The van der Waals surface area contributed by atoms with Gasteiger partial charge >= 0.3 is 0 Å². The Morgan fingerprint density at radius 3 is 2.63 bits per heavy atom. The fourth-order valence-corrected chi connectivity index (χ4v) is 5.05. The lowest BCUT2D eigenvalue weighted by Crippen LogP contribution is -2.51. The van der Waals surface area contributed by atoms with E-state index in [0.29, 0.717) is 38.4 Å². The smallest absolute Gasteiger partial charge is 0.236 e. The zero-order valence-electron chi connectivity index (χ0n) is 17.6. The summed E-state index contributed by atoms with van der Waals surface area (Å²) in [6.45, 7) is 6.77. The number of para-hydroxylation sites is 1. The van der Waals surface area contributed by atoms with E-state index in [2.05, 4.69) is 26.6 Å². The minimum absolute atomic E-state index is 0.141. The molecule has 1 aromatic heterocycles. The van der Waals surface area contributed by atoms with Crippen LogP contribution in [0.1, 0.15) is 31.6 Å². The highest BCUT2D eigenvalue weighted by Crippen LogP contribution is 2.32. The molecule has 4 rings (SSSR count). The number of hydrogen-bond donors (Lipinski definition) is 0. The average molecular weight is 433 g/mol. The second-order valence-electron chi connectivity index (χ2n) is 7.74. The fraction of sp³-hybridized carbons (Fsp3) is 0.571. The van der Waals surface area contributed by atoms with Crippen LogP contribution in [0.25, 0.3) is 0 Å². The number of rotatable bonds is 6. The maximum atomic E-state index is 14.1. The van der Waals surface area contributed by atoms with E-state index in [1.54, 1.807) is 23.9 Å². The lowest BCUT2D eigenvalue weighted by molar-refractivity contribution is -0.133. The molecule has 0 saturated carbocycles. The summed E-state index contributed by atoms with van der Waals surface area (Å²) >= 11 is 1.60. The number of likely N-dealkylation sites (tertiary alicyclic amines) is 1. The van der Waals surface area contributed by atoms with Gasteiger partial charge in [-0.25, -0.2) is 4.39 Å². The summed E-state index contributed by atoms with van der Waals surface area (Å²) in [4.78, 5) is 19.2. The average Bonchev–Trinajstić information content (AvgIpc) is 3.40. The highest BCUT2D eigenvalue weighted by atomic mass is 32.2. The van der Waals surface area contributed by atoms with Gasteiger partial charge in [-0.05, 0) is 44.7 Å². The van der Waals surface area contributed by atoms with Gasteiger partial charge < -0.3 is 14.4 Å². The second kappa shape index (κ2) is 9.34. The Labute approximate surface area is 181 Å². The van der Waals surface area contributed by atoms with Crippen molar-refractivity contribution in [2.24, 2.45) is 0 Å². The number of thioether (sulfide) groups is 1. The number of aromatic nitrogens is 3. The Hall–Kier alpha value is -2.13. The molecule has 7 nitrogen and oxygen atoms in total. The molecule has 2 aliphatic heterocycles. The molecule has 0 aliphatic carbocycles. The van der Waals surface area contributed by atoms with E-state index in [9.17, 15) is 9.18 Å². The molecule has 2 saturated heterocycles. The Balaban J connectivity index is 1.37. The Morgan fingerprint density at radius 1 is 1.17 bits per heavy atom. The molecule has 0 N–H and O–H groups in total. The molecule has 9 heteroatoms. The Morgan fingerprint density at radius 2 is 1.93 bits per heavy atom. The van der Waals surface area contributed by atoms with Gasteiger partial charge in [0, 0.05) is 32.7 Å². The van der Waals surface area contributed by atoms with E-state index in [-0.39, 0.29) is 17.8 Å². The van der Waals surface area contributed by atoms with E-state index >= 15 is 0 Å². The maximum absolute atomic E-state index is 14.1. The summed E-state index contributed by atoms with van der Waals surface area (Å²) < 4.78 is 16.2. The third-order valence-corrected chi connectivity index (χ3v) is 6.74. The van der Waals surface area contributed by atoms with E-state index in [1.807, 2.05) is 22.1 Å². The molecular weight excluding hydrogens is 403 g/mol. The van der Waals surface area contributed by atoms with Crippen LogP contribution >= 0.6 is 11.8 Å². The van der Waals surface area contributed by atoms with E-state index in [0.717, 1.165) is 36.9 Å². The number of hydrogen-bond acceptors (Lipinski definition) is 6. The first-order valence-electron chi connectivity index (χ1n) is 10.6. The van der Waals surface area contributed by atoms with Gasteiger partial charge in [-0.15, -0.1) is 10.2 Å². The molecule has 2 fully saturated rings. The standard InChI is InChI=1S/C21H29FN6OS/c1-3-28-20(23-24-21(28)30-2)18-9-6-10-27(18)15-19(29)26-13-11-25(12-14-26)17-8-5-4-7-16(17)22/h4-5,7-8,18H,3,6,9-15H2,1-2H3. The lowest BCUT2D eigenvalue weighted by Gasteiger charge is -2.37. The number of carbonyl (C=O) groups excluding carboxylic acids is 1. The number of amides is 1. The van der Waals surface area contributed by atoms with Gasteiger partial charge in [-0.3, -0.25) is 9.69 Å². The monoisotopic (exact) mass is 432 g/mol. The largest absolute Gasteiger partial charge is 0.366 e. The van der Waals surface area contributed by atoms with Crippen molar-refractivity contribution in [3.63, 3.8) is 0 Å². The third kappa shape index (κ3) is 4.18. The normalized spacial score (nSPS) is 20.2. The lowest BCUT2D eigenvalue weighted by atomic mass is 10.2. The van der Waals surface area contributed by atoms with Crippen LogP contribution in [-0.2, 0) is 11.3 Å². The summed E-state index contributed by atoms with van der Waals surface area (Å²) in [5.41, 5.74) is 0.618. The molecular formula is C21H29FN6OS. The minimum Gasteiger partial charge on any atom is -0.366 e. The molecule has 2 aromatic rings. The molecule has 1 aromatic carbocycles. The van der Waals surface area contributed by atoms with Crippen LogP contribution in [-0.4, -0.2) is 76.0 Å². The van der Waals surface area contributed by atoms with Crippen molar-refractivity contribution < 1.29 is 9.18 Å². The van der Waals surface area contributed by atoms with Gasteiger partial charge in [0.05, 0.1) is 18.3 Å². The van der Waals surface area contributed by atoms with Crippen LogP contribution < -0.4 is 4.90 Å². The van der Waals surface area contributed by atoms with Crippen LogP contribution in [0.4, 0.5) is 10.1 Å². The third-order valence-electron chi connectivity index (χ3n) is 6.07. The molecule has 30 heavy (non-hydrogen) atoms. The first kappa shape index (κ1) is 21.1. The van der Waals surface area contributed by atoms with Crippen LogP contribution in [0.2, 0.25) is 0 Å². The van der Waals surface area contributed by atoms with Crippen molar-refractivity contribution in [3.8, 4) is 0 Å². The predicted molar refractivity (Wildman–Crippen MR) is 116 cm³/mol. The molecule has 3 heterocycles. The van der Waals surface area contributed by atoms with Gasteiger partial charge in [0.25, 0.3) is 0 Å². The van der Waals surface area contributed by atoms with Crippen LogP contribution in [0.5, 0.6) is 0 Å². The van der Waals surface area contributed by atoms with E-state index in [4.69, 9.17) is 0 Å². The number of halogens is 1. The Bertz CT molecular complexity index is 882. The first-order chi connectivity index (χ1) is 14.6. The summed E-state index contributed by atoms with van der Waals surface area (Å²) in [5, 5.41) is 9.69. The summed E-state index contributed by atoms with van der Waals surface area (Å²) in [7, 11) is 0. The van der Waals surface area contributed by atoms with Crippen molar-refractivity contribution in [2.75, 3.05) is 50.4 Å². The number of carbonyl (C=O) groups is 1. The molecule has 0 radical (unpaired) electrons. The number of piperazine rings is 1. The van der Waals surface area contributed by atoms with Crippen LogP contribution in [0.15, 0.2) is 29.4 Å². The van der Waals surface area contributed by atoms with Gasteiger partial charge in [-0.1, -0.05) is 23.9 Å². The van der Waals surface area contributed by atoms with Crippen molar-refractivity contribution in [1.82, 2.24) is 24.6 Å². The SMILES string of the molecule is CCn1c(SC)nnc1C1CCCN1CC(=O)N1CCN(c2ccccc2F)CC1. The fourth-order valence-electron chi connectivity index (χ4n) is 4.48. The van der Waals surface area contributed by atoms with Crippen LogP contribution in [0, 0.1) is 5.82 Å². The highest BCUT2D eigenvalue weighted by molar-refractivity contribution is 7.98. The van der Waals surface area contributed by atoms with Crippen molar-refractivity contribution >= 4 is 23.4 Å².